The smallest absolute Gasteiger partial charge is 0.0920 e. The third-order valence-electron chi connectivity index (χ3n) is 4.23. The summed E-state index contributed by atoms with van der Waals surface area (Å²) >= 11 is 0. The molecule has 2 unspecified atom stereocenters. The Bertz CT molecular complexity index is 257. The fourth-order valence-corrected chi connectivity index (χ4v) is 3.53. The van der Waals surface area contributed by atoms with Gasteiger partial charge in [0.1, 0.15) is 0 Å². The first-order valence-electron chi connectivity index (χ1n) is 6.12. The van der Waals surface area contributed by atoms with E-state index < -0.39 is 0 Å². The molecular weight excluding hydrogens is 188 g/mol. The lowest BCUT2D eigenvalue weighted by Gasteiger charge is -2.60. The maximum atomic E-state index is 12.8. The number of nitriles is 1. The van der Waals surface area contributed by atoms with Gasteiger partial charge in [-0.2, -0.15) is 5.26 Å². The van der Waals surface area contributed by atoms with Crippen molar-refractivity contribution in [2.24, 2.45) is 5.92 Å². The molecule has 0 aromatic heterocycles. The Labute approximate surface area is 91.9 Å². The average molecular weight is 208 g/mol. The van der Waals surface area contributed by atoms with Gasteiger partial charge >= 0.3 is 0 Å². The van der Waals surface area contributed by atoms with Gasteiger partial charge in [0, 0.05) is 12.8 Å². The van der Waals surface area contributed by atoms with Crippen molar-refractivity contribution >= 4 is 0 Å². The molecule has 0 radical (unpaired) electrons. The van der Waals surface area contributed by atoms with Crippen LogP contribution in [0.25, 0.3) is 0 Å². The van der Waals surface area contributed by atoms with Gasteiger partial charge in [-0.05, 0) is 25.2 Å². The molecule has 0 spiro atoms. The van der Waals surface area contributed by atoms with Crippen LogP contribution in [0.4, 0.5) is 0 Å². The van der Waals surface area contributed by atoms with E-state index in [1.165, 1.54) is 6.42 Å². The molecule has 2 saturated heterocycles. The number of nitrogens with zero attached hydrogens (tertiary/aromatic N) is 2. The van der Waals surface area contributed by atoms with Gasteiger partial charge in [-0.25, -0.2) is 0 Å². The predicted octanol–water partition coefficient (Wildman–Crippen LogP) is 2.57. The maximum Gasteiger partial charge on any atom is 0.0920 e. The molecule has 0 aliphatic carbocycles. The van der Waals surface area contributed by atoms with Crippen molar-refractivity contribution in [3.05, 3.63) is 5.21 Å². The second-order valence-corrected chi connectivity index (χ2v) is 5.30. The Balaban J connectivity index is 2.12. The van der Waals surface area contributed by atoms with E-state index in [1.54, 1.807) is 0 Å². The van der Waals surface area contributed by atoms with Crippen molar-refractivity contribution in [2.45, 2.75) is 57.5 Å². The predicted molar refractivity (Wildman–Crippen MR) is 58.5 cm³/mol. The summed E-state index contributed by atoms with van der Waals surface area (Å²) in [6.45, 7) is 2.79. The summed E-state index contributed by atoms with van der Waals surface area (Å²) in [4.78, 5) is 0. The molecule has 0 saturated carbocycles. The van der Waals surface area contributed by atoms with Crippen LogP contribution >= 0.6 is 0 Å². The number of rotatable bonds is 2. The molecule has 3 heteroatoms. The van der Waals surface area contributed by atoms with Crippen LogP contribution in [-0.2, 0) is 0 Å². The Morgan fingerprint density at radius 1 is 1.33 bits per heavy atom. The molecule has 2 aliphatic rings. The summed E-state index contributed by atoms with van der Waals surface area (Å²) in [6.07, 6.45) is 5.95. The standard InChI is InChI=1S/C12H20N2O/c1-10-8-11-4-2-5-12(9-10)14(11,15)7-3-6-13/h10-12H,2-5,7-9H2,1H3. The fourth-order valence-electron chi connectivity index (χ4n) is 3.53. The average Bonchev–Trinajstić information content (AvgIpc) is 2.18. The van der Waals surface area contributed by atoms with Gasteiger partial charge in [0.05, 0.1) is 31.1 Å². The fraction of sp³-hybridized carbons (Fsp3) is 0.917. The van der Waals surface area contributed by atoms with Crippen molar-refractivity contribution < 1.29 is 4.65 Å². The van der Waals surface area contributed by atoms with Crippen molar-refractivity contribution in [1.82, 2.24) is 0 Å². The second kappa shape index (κ2) is 4.11. The first-order valence-corrected chi connectivity index (χ1v) is 6.12. The quantitative estimate of drug-likeness (QED) is 0.517. The highest BCUT2D eigenvalue weighted by atomic mass is 16.6. The molecule has 3 nitrogen and oxygen atoms in total. The molecule has 0 amide bonds. The number of piperidine rings is 2. The van der Waals surface area contributed by atoms with Gasteiger partial charge in [-0.15, -0.1) is 0 Å². The molecule has 0 aromatic rings. The lowest BCUT2D eigenvalue weighted by Crippen LogP contribution is -2.63. The Morgan fingerprint density at radius 3 is 2.47 bits per heavy atom. The van der Waals surface area contributed by atoms with Crippen LogP contribution in [0.1, 0.15) is 45.4 Å². The number of hydrogen-bond donors (Lipinski definition) is 0. The molecule has 2 rings (SSSR count). The monoisotopic (exact) mass is 208 g/mol. The van der Waals surface area contributed by atoms with Gasteiger partial charge < -0.3 is 9.85 Å². The van der Waals surface area contributed by atoms with E-state index in [0.717, 1.165) is 25.7 Å². The topological polar surface area (TPSA) is 46.8 Å². The lowest BCUT2D eigenvalue weighted by molar-refractivity contribution is -0.940. The van der Waals surface area contributed by atoms with Crippen LogP contribution in [0.3, 0.4) is 0 Å². The summed E-state index contributed by atoms with van der Waals surface area (Å²) < 4.78 is -0.0437. The molecule has 84 valence electrons. The number of fused-ring (bicyclic) bond motifs is 2. The summed E-state index contributed by atoms with van der Waals surface area (Å²) in [5, 5.41) is 21.4. The van der Waals surface area contributed by atoms with Gasteiger partial charge in [0.15, 0.2) is 0 Å². The van der Waals surface area contributed by atoms with E-state index in [0.29, 0.717) is 31.0 Å². The summed E-state index contributed by atoms with van der Waals surface area (Å²) in [5.41, 5.74) is 0. The van der Waals surface area contributed by atoms with Gasteiger partial charge in [0.25, 0.3) is 0 Å². The Morgan fingerprint density at radius 2 is 1.93 bits per heavy atom. The summed E-state index contributed by atoms with van der Waals surface area (Å²) in [6, 6.07) is 2.71. The molecular formula is C12H20N2O. The second-order valence-electron chi connectivity index (χ2n) is 5.30. The molecule has 15 heavy (non-hydrogen) atoms. The van der Waals surface area contributed by atoms with Crippen molar-refractivity contribution in [3.63, 3.8) is 0 Å². The largest absolute Gasteiger partial charge is 0.632 e. The number of hydrogen-bond acceptors (Lipinski definition) is 2. The highest BCUT2D eigenvalue weighted by molar-refractivity contribution is 4.84. The Hall–Kier alpha value is -0.590. The minimum Gasteiger partial charge on any atom is -0.632 e. The van der Waals surface area contributed by atoms with Crippen LogP contribution in [0.15, 0.2) is 0 Å². The summed E-state index contributed by atoms with van der Waals surface area (Å²) in [5.74, 6) is 0.711. The van der Waals surface area contributed by atoms with Crippen LogP contribution in [-0.4, -0.2) is 23.3 Å². The van der Waals surface area contributed by atoms with Gasteiger partial charge in [-0.3, -0.25) is 0 Å². The number of quaternary nitrogens is 1. The van der Waals surface area contributed by atoms with Crippen LogP contribution in [0.5, 0.6) is 0 Å². The molecule has 2 fully saturated rings. The lowest BCUT2D eigenvalue weighted by atomic mass is 9.78. The van der Waals surface area contributed by atoms with Crippen LogP contribution in [0.2, 0.25) is 0 Å². The molecule has 2 atom stereocenters. The van der Waals surface area contributed by atoms with Gasteiger partial charge in [0.2, 0.25) is 0 Å². The first-order chi connectivity index (χ1) is 7.16. The molecule has 2 heterocycles. The highest BCUT2D eigenvalue weighted by Gasteiger charge is 2.44. The minimum absolute atomic E-state index is 0.0437. The molecule has 0 N–H and O–H groups in total. The third-order valence-corrected chi connectivity index (χ3v) is 4.23. The van der Waals surface area contributed by atoms with Crippen LogP contribution < -0.4 is 0 Å². The zero-order chi connectivity index (χ0) is 10.9. The van der Waals surface area contributed by atoms with E-state index in [4.69, 9.17) is 5.26 Å². The van der Waals surface area contributed by atoms with Crippen LogP contribution in [0, 0.1) is 22.5 Å². The molecule has 0 aromatic carbocycles. The molecule has 2 bridgehead atoms. The third kappa shape index (κ3) is 1.89. The van der Waals surface area contributed by atoms with Crippen molar-refractivity contribution in [1.29, 1.82) is 5.26 Å². The van der Waals surface area contributed by atoms with Crippen molar-refractivity contribution in [3.8, 4) is 6.07 Å². The van der Waals surface area contributed by atoms with Gasteiger partial charge in [-0.1, -0.05) is 6.92 Å². The SMILES string of the molecule is CC1CC2CCCC(C1)[N+]2([O-])CCC#N. The normalized spacial score (nSPS) is 44.7. The zero-order valence-corrected chi connectivity index (χ0v) is 9.48. The van der Waals surface area contributed by atoms with E-state index in [1.807, 2.05) is 0 Å². The molecule has 2 aliphatic heterocycles. The van der Waals surface area contributed by atoms with E-state index in [9.17, 15) is 5.21 Å². The van der Waals surface area contributed by atoms with E-state index in [-0.39, 0.29) is 4.65 Å². The maximum absolute atomic E-state index is 12.8. The first kappa shape index (κ1) is 10.9. The van der Waals surface area contributed by atoms with Crippen molar-refractivity contribution in [2.75, 3.05) is 6.54 Å². The summed E-state index contributed by atoms with van der Waals surface area (Å²) in [7, 11) is 0. The zero-order valence-electron chi connectivity index (χ0n) is 9.48. The number of hydroxylamine groups is 3. The van der Waals surface area contributed by atoms with E-state index >= 15 is 0 Å². The minimum atomic E-state index is -0.0437. The van der Waals surface area contributed by atoms with E-state index in [2.05, 4.69) is 13.0 Å². The Kier molecular flexibility index (Phi) is 2.99. The highest BCUT2D eigenvalue weighted by Crippen LogP contribution is 2.42.